The fourth-order valence-corrected chi connectivity index (χ4v) is 3.16. The minimum absolute atomic E-state index is 0.0915. The van der Waals surface area contributed by atoms with Crippen LogP contribution >= 0.6 is 0 Å². The van der Waals surface area contributed by atoms with Crippen LogP contribution in [0.15, 0.2) is 48.4 Å². The van der Waals surface area contributed by atoms with Crippen LogP contribution in [0.1, 0.15) is 18.4 Å². The van der Waals surface area contributed by atoms with Gasteiger partial charge in [0.15, 0.2) is 5.83 Å². The van der Waals surface area contributed by atoms with E-state index in [1.807, 2.05) is 30.5 Å². The number of halogens is 1. The van der Waals surface area contributed by atoms with E-state index >= 15 is 0 Å². The third-order valence-corrected chi connectivity index (χ3v) is 4.83. The summed E-state index contributed by atoms with van der Waals surface area (Å²) in [6.07, 6.45) is 4.86. The van der Waals surface area contributed by atoms with Crippen LogP contribution in [0.2, 0.25) is 0 Å². The van der Waals surface area contributed by atoms with Crippen molar-refractivity contribution in [1.82, 2.24) is 10.3 Å². The summed E-state index contributed by atoms with van der Waals surface area (Å²) in [4.78, 5) is 15.1. The molecule has 6 heteroatoms. The van der Waals surface area contributed by atoms with Crippen molar-refractivity contribution in [3.05, 3.63) is 54.0 Å². The monoisotopic (exact) mass is 380 g/mol. The summed E-state index contributed by atoms with van der Waals surface area (Å²) in [6, 6.07) is 11.6. The molecular formula is C22H21FN2O3. The summed E-state index contributed by atoms with van der Waals surface area (Å²) in [5, 5.41) is 3.71. The van der Waals surface area contributed by atoms with Crippen molar-refractivity contribution in [3.8, 4) is 22.6 Å². The highest BCUT2D eigenvalue weighted by atomic mass is 19.1. The Bertz CT molecular complexity index is 1070. The molecule has 144 valence electrons. The van der Waals surface area contributed by atoms with E-state index in [0.29, 0.717) is 17.1 Å². The summed E-state index contributed by atoms with van der Waals surface area (Å²) < 4.78 is 25.3. The highest BCUT2D eigenvalue weighted by molar-refractivity contribution is 5.96. The Kier molecular flexibility index (Phi) is 4.77. The molecule has 1 heterocycles. The molecule has 1 amide bonds. The third kappa shape index (κ3) is 3.58. The van der Waals surface area contributed by atoms with E-state index < -0.39 is 11.7 Å². The Labute approximate surface area is 162 Å². The fourth-order valence-electron chi connectivity index (χ4n) is 3.16. The molecule has 2 N–H and O–H groups in total. The van der Waals surface area contributed by atoms with Crippen molar-refractivity contribution in [3.63, 3.8) is 0 Å². The average Bonchev–Trinajstić information content (AvgIpc) is 3.40. The summed E-state index contributed by atoms with van der Waals surface area (Å²) in [6.45, 7) is 0. The molecule has 1 fully saturated rings. The molecule has 0 radical (unpaired) electrons. The van der Waals surface area contributed by atoms with Gasteiger partial charge >= 0.3 is 0 Å². The third-order valence-electron chi connectivity index (χ3n) is 4.83. The second kappa shape index (κ2) is 7.38. The van der Waals surface area contributed by atoms with Gasteiger partial charge in [0, 0.05) is 28.9 Å². The highest BCUT2D eigenvalue weighted by Gasteiger charge is 2.25. The molecule has 0 unspecified atom stereocenters. The standard InChI is InChI=1S/C22H21FN2O3/c1-27-20-12-17(13-3-6-19-14(9-13)7-8-24-19)21(28-2)11-15(20)10-18(23)22(26)25-16-4-5-16/h3,6-12,16,24H,4-5H2,1-2H3,(H,25,26)/b18-10+. The van der Waals surface area contributed by atoms with Crippen LogP contribution in [0.3, 0.4) is 0 Å². The maximum absolute atomic E-state index is 14.3. The van der Waals surface area contributed by atoms with Crippen LogP contribution in [0.5, 0.6) is 11.5 Å². The Morgan fingerprint density at radius 2 is 1.93 bits per heavy atom. The van der Waals surface area contributed by atoms with Crippen molar-refractivity contribution in [2.75, 3.05) is 14.2 Å². The minimum atomic E-state index is -0.853. The molecule has 2 aromatic carbocycles. The second-order valence-corrected chi connectivity index (χ2v) is 6.81. The molecule has 1 saturated carbocycles. The minimum Gasteiger partial charge on any atom is -0.496 e. The zero-order valence-electron chi connectivity index (χ0n) is 15.7. The van der Waals surface area contributed by atoms with E-state index in [2.05, 4.69) is 10.3 Å². The lowest BCUT2D eigenvalue weighted by molar-refractivity contribution is -0.118. The molecule has 28 heavy (non-hydrogen) atoms. The molecule has 0 spiro atoms. The van der Waals surface area contributed by atoms with Crippen molar-refractivity contribution < 1.29 is 18.7 Å². The number of fused-ring (bicyclic) bond motifs is 1. The van der Waals surface area contributed by atoms with Gasteiger partial charge in [-0.3, -0.25) is 4.79 Å². The molecule has 1 aliphatic rings. The van der Waals surface area contributed by atoms with E-state index in [1.54, 1.807) is 19.2 Å². The maximum Gasteiger partial charge on any atom is 0.280 e. The topological polar surface area (TPSA) is 63.4 Å². The molecule has 0 saturated heterocycles. The lowest BCUT2D eigenvalue weighted by Gasteiger charge is -2.14. The molecule has 1 aromatic heterocycles. The number of amides is 1. The lowest BCUT2D eigenvalue weighted by atomic mass is 10.00. The maximum atomic E-state index is 14.3. The van der Waals surface area contributed by atoms with Gasteiger partial charge in [0.05, 0.1) is 14.2 Å². The number of carbonyl (C=O) groups is 1. The van der Waals surface area contributed by atoms with Gasteiger partial charge in [-0.2, -0.15) is 0 Å². The van der Waals surface area contributed by atoms with Gasteiger partial charge in [0.2, 0.25) is 0 Å². The van der Waals surface area contributed by atoms with Crippen LogP contribution in [0.25, 0.3) is 28.1 Å². The first-order valence-electron chi connectivity index (χ1n) is 9.10. The largest absolute Gasteiger partial charge is 0.496 e. The number of carbonyl (C=O) groups excluding carboxylic acids is 1. The first-order chi connectivity index (χ1) is 13.6. The Hall–Kier alpha value is -3.28. The van der Waals surface area contributed by atoms with Crippen LogP contribution in [-0.2, 0) is 4.79 Å². The van der Waals surface area contributed by atoms with E-state index in [0.717, 1.165) is 34.9 Å². The molecule has 4 rings (SSSR count). The molecule has 1 aliphatic carbocycles. The fraction of sp³-hybridized carbons (Fsp3) is 0.227. The molecule has 5 nitrogen and oxygen atoms in total. The summed E-state index contributed by atoms with van der Waals surface area (Å²) in [5.41, 5.74) is 3.25. The van der Waals surface area contributed by atoms with Gasteiger partial charge in [-0.15, -0.1) is 0 Å². The van der Waals surface area contributed by atoms with E-state index in [4.69, 9.17) is 9.47 Å². The Morgan fingerprint density at radius 3 is 2.64 bits per heavy atom. The van der Waals surface area contributed by atoms with Crippen molar-refractivity contribution >= 4 is 22.9 Å². The molecule has 3 aromatic rings. The first kappa shape index (κ1) is 18.1. The van der Waals surface area contributed by atoms with Crippen molar-refractivity contribution in [2.24, 2.45) is 0 Å². The van der Waals surface area contributed by atoms with Crippen molar-refractivity contribution in [2.45, 2.75) is 18.9 Å². The van der Waals surface area contributed by atoms with Gasteiger partial charge in [-0.05, 0) is 60.2 Å². The van der Waals surface area contributed by atoms with E-state index in [1.165, 1.54) is 13.2 Å². The lowest BCUT2D eigenvalue weighted by Crippen LogP contribution is -2.25. The number of methoxy groups -OCH3 is 2. The molecule has 0 atom stereocenters. The molecule has 0 bridgehead atoms. The number of H-pyrrole nitrogens is 1. The Morgan fingerprint density at radius 1 is 1.14 bits per heavy atom. The number of aromatic nitrogens is 1. The van der Waals surface area contributed by atoms with Gasteiger partial charge in [-0.1, -0.05) is 6.07 Å². The van der Waals surface area contributed by atoms with E-state index in [-0.39, 0.29) is 6.04 Å². The smallest absolute Gasteiger partial charge is 0.280 e. The first-order valence-corrected chi connectivity index (χ1v) is 9.10. The van der Waals surface area contributed by atoms with Crippen molar-refractivity contribution in [1.29, 1.82) is 0 Å². The van der Waals surface area contributed by atoms with Gasteiger partial charge in [0.1, 0.15) is 11.5 Å². The number of rotatable bonds is 6. The number of nitrogens with one attached hydrogen (secondary N) is 2. The van der Waals surface area contributed by atoms with E-state index in [9.17, 15) is 9.18 Å². The predicted octanol–water partition coefficient (Wildman–Crippen LogP) is 4.44. The summed E-state index contributed by atoms with van der Waals surface area (Å²) in [7, 11) is 3.07. The summed E-state index contributed by atoms with van der Waals surface area (Å²) in [5.74, 6) is -0.532. The van der Waals surface area contributed by atoms with Gasteiger partial charge in [-0.25, -0.2) is 4.39 Å². The highest BCUT2D eigenvalue weighted by Crippen LogP contribution is 2.38. The quantitative estimate of drug-likeness (QED) is 0.622. The normalized spacial score (nSPS) is 14.2. The van der Waals surface area contributed by atoms with Crippen LogP contribution < -0.4 is 14.8 Å². The Balaban J connectivity index is 1.73. The van der Waals surface area contributed by atoms with Crippen LogP contribution in [0.4, 0.5) is 4.39 Å². The van der Waals surface area contributed by atoms with Crippen LogP contribution in [-0.4, -0.2) is 31.2 Å². The SMILES string of the molecule is COc1cc(-c2ccc3[nH]ccc3c2)c(OC)cc1/C=C(/F)C(=O)NC1CC1. The predicted molar refractivity (Wildman–Crippen MR) is 107 cm³/mol. The zero-order valence-corrected chi connectivity index (χ0v) is 15.7. The van der Waals surface area contributed by atoms with Crippen LogP contribution in [0, 0.1) is 0 Å². The van der Waals surface area contributed by atoms with Gasteiger partial charge in [0.25, 0.3) is 5.91 Å². The zero-order chi connectivity index (χ0) is 19.7. The molecule has 0 aliphatic heterocycles. The second-order valence-electron chi connectivity index (χ2n) is 6.81. The number of hydrogen-bond donors (Lipinski definition) is 2. The summed E-state index contributed by atoms with van der Waals surface area (Å²) >= 11 is 0. The number of benzene rings is 2. The number of ether oxygens (including phenoxy) is 2. The molecular weight excluding hydrogens is 359 g/mol. The van der Waals surface area contributed by atoms with Gasteiger partial charge < -0.3 is 19.8 Å². The number of hydrogen-bond acceptors (Lipinski definition) is 3. The number of aromatic amines is 1. The average molecular weight is 380 g/mol.